The van der Waals surface area contributed by atoms with Crippen molar-refractivity contribution in [2.24, 2.45) is 11.7 Å². The fourth-order valence-electron chi connectivity index (χ4n) is 2.43. The number of hydrogen-bond acceptors (Lipinski definition) is 5. The normalized spacial score (nSPS) is 17.6. The number of carbonyl (C=O) groups excluding carboxylic acids is 2. The van der Waals surface area contributed by atoms with Crippen LogP contribution in [0, 0.1) is 5.92 Å². The second-order valence-corrected chi connectivity index (χ2v) is 6.30. The molecule has 0 bridgehead atoms. The molecule has 27 heavy (non-hydrogen) atoms. The number of anilines is 1. The van der Waals surface area contributed by atoms with Crippen LogP contribution in [0.5, 0.6) is 0 Å². The van der Waals surface area contributed by atoms with E-state index >= 15 is 0 Å². The highest BCUT2D eigenvalue weighted by Crippen LogP contribution is 2.15. The lowest BCUT2D eigenvalue weighted by Crippen LogP contribution is -2.31. The van der Waals surface area contributed by atoms with Crippen LogP contribution in [0.25, 0.3) is 0 Å². The minimum atomic E-state index is -0.371. The minimum Gasteiger partial charge on any atom is -0.510 e. The van der Waals surface area contributed by atoms with Gasteiger partial charge in [-0.15, -0.1) is 0 Å². The predicted molar refractivity (Wildman–Crippen MR) is 105 cm³/mol. The average Bonchev–Trinajstić information content (AvgIpc) is 2.62. The van der Waals surface area contributed by atoms with Crippen LogP contribution in [0.3, 0.4) is 0 Å². The Labute approximate surface area is 158 Å². The lowest BCUT2D eigenvalue weighted by molar-refractivity contribution is -0.122. The number of amides is 2. The fourth-order valence-corrected chi connectivity index (χ4v) is 2.43. The highest BCUT2D eigenvalue weighted by Gasteiger charge is 2.18. The molecule has 1 aromatic rings. The van der Waals surface area contributed by atoms with Crippen molar-refractivity contribution < 1.29 is 14.7 Å². The van der Waals surface area contributed by atoms with Crippen molar-refractivity contribution in [2.45, 2.75) is 20.3 Å². The summed E-state index contributed by atoms with van der Waals surface area (Å²) < 4.78 is 0. The number of rotatable bonds is 5. The van der Waals surface area contributed by atoms with Crippen LogP contribution in [0.4, 0.5) is 5.69 Å². The molecule has 0 radical (unpaired) electrons. The molecule has 1 aliphatic rings. The van der Waals surface area contributed by atoms with Gasteiger partial charge in [0.1, 0.15) is 5.76 Å². The van der Waals surface area contributed by atoms with Crippen LogP contribution in [0.15, 0.2) is 71.4 Å². The second kappa shape index (κ2) is 8.75. The number of nitrogen functional groups attached to an aromatic ring is 1. The number of allylic oxidation sites excluding steroid dienone is 5. The monoisotopic (exact) mass is 368 g/mol. The van der Waals surface area contributed by atoms with E-state index < -0.39 is 0 Å². The van der Waals surface area contributed by atoms with Crippen molar-refractivity contribution in [2.75, 3.05) is 5.73 Å². The largest absolute Gasteiger partial charge is 0.510 e. The third-order valence-corrected chi connectivity index (χ3v) is 3.96. The molecular weight excluding hydrogens is 344 g/mol. The molecule has 2 amide bonds. The van der Waals surface area contributed by atoms with Gasteiger partial charge in [-0.2, -0.15) is 0 Å². The van der Waals surface area contributed by atoms with Gasteiger partial charge >= 0.3 is 0 Å². The van der Waals surface area contributed by atoms with Gasteiger partial charge in [-0.25, -0.2) is 0 Å². The minimum absolute atomic E-state index is 0.0701. The van der Waals surface area contributed by atoms with Crippen molar-refractivity contribution in [3.63, 3.8) is 0 Å². The number of hydrogen-bond donors (Lipinski definition) is 5. The van der Waals surface area contributed by atoms with Gasteiger partial charge in [-0.05, 0) is 56.7 Å². The standard InChI is InChI=1S/C20H24N4O3/c1-12(23-19(26)14-3-7-16(21)8-4-14)11-18(13(2)25)24-20(27)15-5-9-17(22)10-6-15/h3-5,7-11,15,25H,6,21-22H2,1-2H3,(H,23,26)(H,24,27)/b12-11+,18-13-. The van der Waals surface area contributed by atoms with Crippen LogP contribution in [0.2, 0.25) is 0 Å². The summed E-state index contributed by atoms with van der Waals surface area (Å²) in [6, 6.07) is 6.50. The molecule has 2 rings (SSSR count). The van der Waals surface area contributed by atoms with Crippen LogP contribution < -0.4 is 22.1 Å². The SMILES string of the molecule is C/C(O)=C(\C=C(/C)NC(=O)c1ccc(N)cc1)NC(=O)C1C=CC(N)=CC1. The van der Waals surface area contributed by atoms with Crippen molar-refractivity contribution in [3.8, 4) is 0 Å². The zero-order valence-corrected chi connectivity index (χ0v) is 15.3. The van der Waals surface area contributed by atoms with Gasteiger partial charge in [0.25, 0.3) is 5.91 Å². The van der Waals surface area contributed by atoms with Crippen molar-refractivity contribution in [3.05, 3.63) is 77.0 Å². The van der Waals surface area contributed by atoms with E-state index in [4.69, 9.17) is 11.5 Å². The van der Waals surface area contributed by atoms with Crippen LogP contribution in [0.1, 0.15) is 30.6 Å². The fraction of sp³-hybridized carbons (Fsp3) is 0.200. The maximum Gasteiger partial charge on any atom is 0.255 e. The topological polar surface area (TPSA) is 130 Å². The quantitative estimate of drug-likeness (QED) is 0.309. The summed E-state index contributed by atoms with van der Waals surface area (Å²) in [6.07, 6.45) is 7.15. The summed E-state index contributed by atoms with van der Waals surface area (Å²) >= 11 is 0. The Balaban J connectivity index is 2.05. The summed E-state index contributed by atoms with van der Waals surface area (Å²) in [5.41, 5.74) is 13.6. The van der Waals surface area contributed by atoms with Gasteiger partial charge in [0.05, 0.1) is 11.6 Å². The van der Waals surface area contributed by atoms with E-state index in [0.29, 0.717) is 29.1 Å². The molecular formula is C20H24N4O3. The van der Waals surface area contributed by atoms with Gasteiger partial charge < -0.3 is 27.2 Å². The van der Waals surface area contributed by atoms with E-state index in [0.717, 1.165) is 0 Å². The Morgan fingerprint density at radius 1 is 1.15 bits per heavy atom. The van der Waals surface area contributed by atoms with Crippen LogP contribution in [-0.4, -0.2) is 16.9 Å². The number of aliphatic hydroxyl groups excluding tert-OH is 1. The molecule has 0 fully saturated rings. The third kappa shape index (κ3) is 5.78. The molecule has 142 valence electrons. The summed E-state index contributed by atoms with van der Waals surface area (Å²) in [4.78, 5) is 24.6. The van der Waals surface area contributed by atoms with E-state index in [1.165, 1.54) is 13.0 Å². The number of nitrogens with one attached hydrogen (secondary N) is 2. The first-order chi connectivity index (χ1) is 12.8. The molecule has 1 aliphatic carbocycles. The van der Waals surface area contributed by atoms with Crippen molar-refractivity contribution >= 4 is 17.5 Å². The van der Waals surface area contributed by atoms with E-state index in [1.807, 2.05) is 0 Å². The lowest BCUT2D eigenvalue weighted by Gasteiger charge is -2.16. The highest BCUT2D eigenvalue weighted by atomic mass is 16.3. The van der Waals surface area contributed by atoms with Gasteiger partial charge in [0.2, 0.25) is 5.91 Å². The molecule has 0 aromatic heterocycles. The lowest BCUT2D eigenvalue weighted by atomic mass is 9.98. The van der Waals surface area contributed by atoms with Gasteiger partial charge in [0, 0.05) is 22.6 Å². The van der Waals surface area contributed by atoms with Crippen LogP contribution in [-0.2, 0) is 4.79 Å². The summed E-state index contributed by atoms with van der Waals surface area (Å²) in [5, 5.41) is 15.3. The number of benzene rings is 1. The maximum absolute atomic E-state index is 12.4. The first-order valence-corrected chi connectivity index (χ1v) is 8.46. The third-order valence-electron chi connectivity index (χ3n) is 3.96. The first-order valence-electron chi connectivity index (χ1n) is 8.46. The molecule has 1 unspecified atom stereocenters. The second-order valence-electron chi connectivity index (χ2n) is 6.30. The smallest absolute Gasteiger partial charge is 0.255 e. The highest BCUT2D eigenvalue weighted by molar-refractivity contribution is 5.95. The molecule has 0 heterocycles. The van der Waals surface area contributed by atoms with E-state index in [-0.39, 0.29) is 29.2 Å². The van der Waals surface area contributed by atoms with E-state index in [2.05, 4.69) is 10.6 Å². The Bertz CT molecular complexity index is 844. The molecule has 0 aliphatic heterocycles. The number of nitrogens with two attached hydrogens (primary N) is 2. The first kappa shape index (κ1) is 19.8. The molecule has 7 nitrogen and oxygen atoms in total. The summed E-state index contributed by atoms with van der Waals surface area (Å²) in [5.74, 6) is -1.03. The zero-order chi connectivity index (χ0) is 20.0. The number of carbonyl (C=O) groups is 2. The average molecular weight is 368 g/mol. The Morgan fingerprint density at radius 2 is 1.81 bits per heavy atom. The van der Waals surface area contributed by atoms with E-state index in [1.54, 1.807) is 49.4 Å². The predicted octanol–water partition coefficient (Wildman–Crippen LogP) is 2.23. The van der Waals surface area contributed by atoms with Gasteiger partial charge in [-0.3, -0.25) is 9.59 Å². The van der Waals surface area contributed by atoms with Crippen molar-refractivity contribution in [1.82, 2.24) is 10.6 Å². The Morgan fingerprint density at radius 3 is 2.37 bits per heavy atom. The zero-order valence-electron chi connectivity index (χ0n) is 15.3. The molecule has 0 spiro atoms. The van der Waals surface area contributed by atoms with Gasteiger partial charge in [0.15, 0.2) is 0 Å². The van der Waals surface area contributed by atoms with Crippen molar-refractivity contribution in [1.29, 1.82) is 0 Å². The maximum atomic E-state index is 12.4. The Kier molecular flexibility index (Phi) is 6.43. The molecule has 0 saturated carbocycles. The van der Waals surface area contributed by atoms with E-state index in [9.17, 15) is 14.7 Å². The molecule has 1 atom stereocenters. The molecule has 0 saturated heterocycles. The molecule has 7 N–H and O–H groups in total. The summed E-state index contributed by atoms with van der Waals surface area (Å²) in [7, 11) is 0. The molecule has 7 heteroatoms. The Hall–Kier alpha value is -3.48. The van der Waals surface area contributed by atoms with Gasteiger partial charge in [-0.1, -0.05) is 12.2 Å². The summed E-state index contributed by atoms with van der Waals surface area (Å²) in [6.45, 7) is 3.12. The number of aliphatic hydroxyl groups is 1. The van der Waals surface area contributed by atoms with Crippen LogP contribution >= 0.6 is 0 Å². The molecule has 1 aromatic carbocycles.